The monoisotopic (exact) mass is 452 g/mol. The smallest absolute Gasteiger partial charge is 0.296 e. The van der Waals surface area contributed by atoms with E-state index in [1.165, 1.54) is 31.4 Å². The Labute approximate surface area is 195 Å². The molecule has 168 valence electrons. The number of methoxy groups -OCH3 is 1. The number of para-hydroxylation sites is 1. The van der Waals surface area contributed by atoms with Gasteiger partial charge in [-0.05, 0) is 29.8 Å². The topological polar surface area (TPSA) is 110 Å². The molecule has 0 radical (unpaired) electrons. The van der Waals surface area contributed by atoms with Crippen LogP contribution in [0.25, 0.3) is 17.0 Å². The fourth-order valence-electron chi connectivity index (χ4n) is 3.69. The fourth-order valence-corrected chi connectivity index (χ4v) is 3.69. The third kappa shape index (κ3) is 4.64. The predicted molar refractivity (Wildman–Crippen MR) is 129 cm³/mol. The third-order valence-corrected chi connectivity index (χ3v) is 5.33. The number of carbonyl (C=O) groups excluding carboxylic acids is 1. The molecule has 3 aromatic carbocycles. The van der Waals surface area contributed by atoms with E-state index in [0.29, 0.717) is 12.1 Å². The molecule has 0 atom stereocenters. The minimum atomic E-state index is -0.740. The highest BCUT2D eigenvalue weighted by molar-refractivity contribution is 6.11. The zero-order chi connectivity index (χ0) is 24.1. The molecule has 4 rings (SSSR count). The number of anilines is 1. The molecule has 0 aliphatic carbocycles. The van der Waals surface area contributed by atoms with E-state index in [2.05, 4.69) is 9.88 Å². The molecule has 0 saturated carbocycles. The molecule has 8 nitrogen and oxygen atoms in total. The lowest BCUT2D eigenvalue weighted by Crippen LogP contribution is -2.14. The Morgan fingerprint density at radius 1 is 1.15 bits per heavy atom. The summed E-state index contributed by atoms with van der Waals surface area (Å²) in [6.07, 6.45) is 3.38. The van der Waals surface area contributed by atoms with Gasteiger partial charge in [0, 0.05) is 29.2 Å². The van der Waals surface area contributed by atoms with Crippen molar-refractivity contribution in [2.75, 3.05) is 12.4 Å². The number of fused-ring (bicyclic) bond motifs is 1. The molecule has 8 heteroatoms. The van der Waals surface area contributed by atoms with Gasteiger partial charge in [0.2, 0.25) is 0 Å². The molecule has 0 unspecified atom stereocenters. The summed E-state index contributed by atoms with van der Waals surface area (Å²) in [5.41, 5.74) is 2.24. The summed E-state index contributed by atoms with van der Waals surface area (Å²) in [4.78, 5) is 23.6. The summed E-state index contributed by atoms with van der Waals surface area (Å²) in [5, 5.41) is 24.4. The number of nitrogens with one attached hydrogen (secondary N) is 1. The highest BCUT2D eigenvalue weighted by Crippen LogP contribution is 2.30. The number of carbonyl (C=O) groups is 1. The molecule has 0 saturated heterocycles. The second-order valence-corrected chi connectivity index (χ2v) is 7.48. The van der Waals surface area contributed by atoms with Crippen molar-refractivity contribution in [3.8, 4) is 11.8 Å². The molecule has 1 amide bonds. The molecular weight excluding hydrogens is 432 g/mol. The number of nitro benzene ring substituents is 1. The van der Waals surface area contributed by atoms with Gasteiger partial charge in [0.05, 0.1) is 18.1 Å². The highest BCUT2D eigenvalue weighted by Gasteiger charge is 2.20. The van der Waals surface area contributed by atoms with E-state index in [1.807, 2.05) is 66.9 Å². The first-order valence-corrected chi connectivity index (χ1v) is 10.4. The van der Waals surface area contributed by atoms with E-state index in [-0.39, 0.29) is 22.7 Å². The maximum atomic E-state index is 12.8. The molecule has 4 aromatic rings. The molecule has 1 N–H and O–H groups in total. The first-order valence-electron chi connectivity index (χ1n) is 10.4. The number of nitrogens with zero attached hydrogens (tertiary/aromatic N) is 3. The first-order chi connectivity index (χ1) is 16.5. The summed E-state index contributed by atoms with van der Waals surface area (Å²) in [6, 6.07) is 23.7. The number of nitriles is 1. The molecule has 1 aromatic heterocycles. The van der Waals surface area contributed by atoms with E-state index in [0.717, 1.165) is 16.5 Å². The van der Waals surface area contributed by atoms with Gasteiger partial charge >= 0.3 is 0 Å². The highest BCUT2D eigenvalue weighted by atomic mass is 16.6. The normalized spacial score (nSPS) is 11.1. The zero-order valence-electron chi connectivity index (χ0n) is 18.3. The van der Waals surface area contributed by atoms with Gasteiger partial charge in [-0.3, -0.25) is 14.9 Å². The van der Waals surface area contributed by atoms with Crippen LogP contribution in [0.5, 0.6) is 5.75 Å². The van der Waals surface area contributed by atoms with Gasteiger partial charge in [-0.25, -0.2) is 0 Å². The van der Waals surface area contributed by atoms with Crippen LogP contribution in [0, 0.1) is 21.4 Å². The Bertz CT molecular complexity index is 1450. The van der Waals surface area contributed by atoms with Crippen molar-refractivity contribution < 1.29 is 14.5 Å². The Balaban J connectivity index is 1.68. The number of benzene rings is 3. The molecule has 1 heterocycles. The van der Waals surface area contributed by atoms with Crippen LogP contribution in [-0.2, 0) is 11.3 Å². The lowest BCUT2D eigenvalue weighted by atomic mass is 10.1. The number of aromatic nitrogens is 1. The summed E-state index contributed by atoms with van der Waals surface area (Å²) in [6.45, 7) is 0.626. The average Bonchev–Trinajstić information content (AvgIpc) is 3.20. The van der Waals surface area contributed by atoms with E-state index >= 15 is 0 Å². The van der Waals surface area contributed by atoms with E-state index in [9.17, 15) is 20.2 Å². The molecule has 0 aliphatic heterocycles. The number of hydrogen-bond acceptors (Lipinski definition) is 5. The maximum absolute atomic E-state index is 12.8. The second kappa shape index (κ2) is 9.71. The van der Waals surface area contributed by atoms with Crippen LogP contribution < -0.4 is 10.1 Å². The second-order valence-electron chi connectivity index (χ2n) is 7.48. The molecule has 34 heavy (non-hydrogen) atoms. The standard InChI is InChI=1S/C26H20N4O4/c1-34-21-11-12-23(25(14-21)30(32)33)28-26(31)19(15-27)13-20-17-29(16-18-7-3-2-4-8-18)24-10-6-5-9-22(20)24/h2-14,17H,16H2,1H3,(H,28,31)/b19-13+. The lowest BCUT2D eigenvalue weighted by molar-refractivity contribution is -0.384. The molecule has 0 spiro atoms. The summed E-state index contributed by atoms with van der Waals surface area (Å²) in [5.74, 6) is -0.456. The van der Waals surface area contributed by atoms with Gasteiger partial charge < -0.3 is 14.6 Å². The SMILES string of the molecule is COc1ccc(NC(=O)/C(C#N)=C/c2cn(Cc3ccccc3)c3ccccc23)c([N+](=O)[O-])c1. The Kier molecular flexibility index (Phi) is 6.37. The van der Waals surface area contributed by atoms with Crippen LogP contribution in [0.3, 0.4) is 0 Å². The van der Waals surface area contributed by atoms with Crippen molar-refractivity contribution in [3.63, 3.8) is 0 Å². The number of amides is 1. The van der Waals surface area contributed by atoms with Crippen LogP contribution in [0.2, 0.25) is 0 Å². The number of hydrogen-bond donors (Lipinski definition) is 1. The molecule has 0 bridgehead atoms. The van der Waals surface area contributed by atoms with Gasteiger partial charge in [0.15, 0.2) is 0 Å². The van der Waals surface area contributed by atoms with E-state index < -0.39 is 10.8 Å². The summed E-state index contributed by atoms with van der Waals surface area (Å²) in [7, 11) is 1.39. The third-order valence-electron chi connectivity index (χ3n) is 5.33. The van der Waals surface area contributed by atoms with Crippen molar-refractivity contribution in [2.24, 2.45) is 0 Å². The van der Waals surface area contributed by atoms with Gasteiger partial charge in [-0.1, -0.05) is 48.5 Å². The Morgan fingerprint density at radius 2 is 1.88 bits per heavy atom. The average molecular weight is 452 g/mol. The van der Waals surface area contributed by atoms with Crippen LogP contribution in [0.1, 0.15) is 11.1 Å². The van der Waals surface area contributed by atoms with Gasteiger partial charge in [-0.2, -0.15) is 5.26 Å². The Hall–Kier alpha value is -4.90. The summed E-state index contributed by atoms with van der Waals surface area (Å²) < 4.78 is 7.07. The summed E-state index contributed by atoms with van der Waals surface area (Å²) >= 11 is 0. The van der Waals surface area contributed by atoms with Crippen molar-refractivity contribution >= 4 is 34.3 Å². The molecular formula is C26H20N4O4. The first kappa shape index (κ1) is 22.3. The van der Waals surface area contributed by atoms with Gasteiger partial charge in [-0.15, -0.1) is 0 Å². The van der Waals surface area contributed by atoms with E-state index in [1.54, 1.807) is 0 Å². The van der Waals surface area contributed by atoms with Crippen molar-refractivity contribution in [1.82, 2.24) is 4.57 Å². The molecule has 0 aliphatic rings. The van der Waals surface area contributed by atoms with Crippen LogP contribution >= 0.6 is 0 Å². The molecule has 0 fully saturated rings. The quantitative estimate of drug-likeness (QED) is 0.180. The fraction of sp³-hybridized carbons (Fsp3) is 0.0769. The van der Waals surface area contributed by atoms with E-state index in [4.69, 9.17) is 4.74 Å². The van der Waals surface area contributed by atoms with Crippen LogP contribution in [0.4, 0.5) is 11.4 Å². The number of nitro groups is 1. The number of rotatable bonds is 7. The van der Waals surface area contributed by atoms with Gasteiger partial charge in [0.25, 0.3) is 11.6 Å². The predicted octanol–water partition coefficient (Wildman–Crippen LogP) is 5.15. The van der Waals surface area contributed by atoms with Gasteiger partial charge in [0.1, 0.15) is 23.1 Å². The zero-order valence-corrected chi connectivity index (χ0v) is 18.3. The number of ether oxygens (including phenoxy) is 1. The Morgan fingerprint density at radius 3 is 2.59 bits per heavy atom. The lowest BCUT2D eigenvalue weighted by Gasteiger charge is -2.07. The minimum absolute atomic E-state index is 0.0246. The van der Waals surface area contributed by atoms with Crippen molar-refractivity contribution in [3.05, 3.63) is 106 Å². The maximum Gasteiger partial charge on any atom is 0.296 e. The largest absolute Gasteiger partial charge is 0.496 e. The van der Waals surface area contributed by atoms with Crippen molar-refractivity contribution in [2.45, 2.75) is 6.54 Å². The minimum Gasteiger partial charge on any atom is -0.496 e. The van der Waals surface area contributed by atoms with Crippen molar-refractivity contribution in [1.29, 1.82) is 5.26 Å². The van der Waals surface area contributed by atoms with Crippen LogP contribution in [0.15, 0.2) is 84.6 Å². The van der Waals surface area contributed by atoms with Crippen LogP contribution in [-0.4, -0.2) is 22.5 Å².